The lowest BCUT2D eigenvalue weighted by Gasteiger charge is -2.36. The molecule has 2 atom stereocenters. The number of rotatable bonds is 4. The van der Waals surface area contributed by atoms with E-state index in [4.69, 9.17) is 4.74 Å². The molecule has 2 rings (SSSR count). The van der Waals surface area contributed by atoms with Crippen molar-refractivity contribution in [3.63, 3.8) is 0 Å². The number of benzene rings is 1. The Labute approximate surface area is 105 Å². The molecule has 94 valence electrons. The molecular formula is C15H23NO. The topological polar surface area (TPSA) is 12.5 Å². The molecule has 2 unspecified atom stereocenters. The summed E-state index contributed by atoms with van der Waals surface area (Å²) in [6.45, 7) is 4.33. The van der Waals surface area contributed by atoms with Crippen LogP contribution in [0.15, 0.2) is 30.3 Å². The molecule has 0 aliphatic carbocycles. The fraction of sp³-hybridized carbons (Fsp3) is 0.600. The van der Waals surface area contributed by atoms with Crippen molar-refractivity contribution >= 4 is 0 Å². The molecule has 1 fully saturated rings. The van der Waals surface area contributed by atoms with Gasteiger partial charge in [0.2, 0.25) is 0 Å². The number of nitrogens with zero attached hydrogens (tertiary/aromatic N) is 1. The van der Waals surface area contributed by atoms with Gasteiger partial charge in [0.15, 0.2) is 0 Å². The lowest BCUT2D eigenvalue weighted by atomic mass is 9.87. The molecule has 1 aliphatic heterocycles. The van der Waals surface area contributed by atoms with Gasteiger partial charge in [-0.25, -0.2) is 0 Å². The standard InChI is InChI=1S/C15H23NO/c1-13-9-15(12-17-3,16(2)11-13)10-14-7-5-4-6-8-14/h4-8,13H,9-12H2,1-3H3. The third-order valence-electron chi connectivity index (χ3n) is 3.91. The second-order valence-corrected chi connectivity index (χ2v) is 5.51. The summed E-state index contributed by atoms with van der Waals surface area (Å²) in [7, 11) is 4.04. The average Bonchev–Trinajstić information content (AvgIpc) is 2.55. The van der Waals surface area contributed by atoms with Crippen LogP contribution in [0.4, 0.5) is 0 Å². The molecule has 1 aromatic carbocycles. The molecule has 1 saturated heterocycles. The Balaban J connectivity index is 2.17. The highest BCUT2D eigenvalue weighted by atomic mass is 16.5. The third kappa shape index (κ3) is 2.70. The number of hydrogen-bond acceptors (Lipinski definition) is 2. The van der Waals surface area contributed by atoms with Crippen LogP contribution in [0, 0.1) is 5.92 Å². The van der Waals surface area contributed by atoms with Gasteiger partial charge in [-0.15, -0.1) is 0 Å². The van der Waals surface area contributed by atoms with Crippen LogP contribution in [0.5, 0.6) is 0 Å². The number of likely N-dealkylation sites (N-methyl/N-ethyl adjacent to an activating group) is 1. The SMILES string of the molecule is COCC1(Cc2ccccc2)CC(C)CN1C. The second kappa shape index (κ2) is 5.19. The van der Waals surface area contributed by atoms with Gasteiger partial charge in [0.1, 0.15) is 0 Å². The van der Waals surface area contributed by atoms with Gasteiger partial charge < -0.3 is 4.74 Å². The summed E-state index contributed by atoms with van der Waals surface area (Å²) in [6.07, 6.45) is 2.31. The first-order valence-corrected chi connectivity index (χ1v) is 6.40. The van der Waals surface area contributed by atoms with Crippen molar-refractivity contribution in [1.29, 1.82) is 0 Å². The van der Waals surface area contributed by atoms with Crippen LogP contribution in [0.3, 0.4) is 0 Å². The Kier molecular flexibility index (Phi) is 3.85. The summed E-state index contributed by atoms with van der Waals surface area (Å²) >= 11 is 0. The van der Waals surface area contributed by atoms with Crippen LogP contribution >= 0.6 is 0 Å². The molecule has 0 spiro atoms. The van der Waals surface area contributed by atoms with Gasteiger partial charge in [-0.1, -0.05) is 37.3 Å². The Bertz CT molecular complexity index is 351. The molecule has 17 heavy (non-hydrogen) atoms. The number of likely N-dealkylation sites (tertiary alicyclic amines) is 1. The maximum Gasteiger partial charge on any atom is 0.0649 e. The van der Waals surface area contributed by atoms with Gasteiger partial charge in [-0.2, -0.15) is 0 Å². The van der Waals surface area contributed by atoms with Crippen LogP contribution < -0.4 is 0 Å². The normalized spacial score (nSPS) is 29.7. The predicted octanol–water partition coefficient (Wildman–Crippen LogP) is 2.59. The highest BCUT2D eigenvalue weighted by Crippen LogP contribution is 2.34. The van der Waals surface area contributed by atoms with E-state index in [1.807, 2.05) is 7.11 Å². The van der Waals surface area contributed by atoms with Crippen LogP contribution in [-0.4, -0.2) is 37.7 Å². The maximum absolute atomic E-state index is 5.48. The van der Waals surface area contributed by atoms with Crippen LogP contribution in [0.1, 0.15) is 18.9 Å². The van der Waals surface area contributed by atoms with Gasteiger partial charge in [0.05, 0.1) is 6.61 Å². The first kappa shape index (κ1) is 12.6. The van der Waals surface area contributed by atoms with E-state index in [9.17, 15) is 0 Å². The predicted molar refractivity (Wildman–Crippen MR) is 71.2 cm³/mol. The summed E-state index contributed by atoms with van der Waals surface area (Å²) in [5.41, 5.74) is 1.60. The van der Waals surface area contributed by atoms with Crippen molar-refractivity contribution in [2.45, 2.75) is 25.3 Å². The van der Waals surface area contributed by atoms with Crippen molar-refractivity contribution in [3.8, 4) is 0 Å². The van der Waals surface area contributed by atoms with Crippen LogP contribution in [0.2, 0.25) is 0 Å². The monoisotopic (exact) mass is 233 g/mol. The zero-order valence-electron chi connectivity index (χ0n) is 11.1. The average molecular weight is 233 g/mol. The summed E-state index contributed by atoms with van der Waals surface area (Å²) in [5, 5.41) is 0. The highest BCUT2D eigenvalue weighted by Gasteiger charge is 2.41. The lowest BCUT2D eigenvalue weighted by Crippen LogP contribution is -2.47. The zero-order chi connectivity index (χ0) is 12.3. The molecule has 0 radical (unpaired) electrons. The van der Waals surface area contributed by atoms with Gasteiger partial charge in [-0.3, -0.25) is 4.90 Å². The Hall–Kier alpha value is -0.860. The summed E-state index contributed by atoms with van der Waals surface area (Å²) < 4.78 is 5.48. The first-order valence-electron chi connectivity index (χ1n) is 6.40. The Morgan fingerprint density at radius 2 is 2.06 bits per heavy atom. The van der Waals surface area contributed by atoms with Crippen molar-refractivity contribution in [1.82, 2.24) is 4.90 Å². The van der Waals surface area contributed by atoms with E-state index in [2.05, 4.69) is 49.2 Å². The molecule has 0 aromatic heterocycles. The van der Waals surface area contributed by atoms with E-state index in [0.29, 0.717) is 0 Å². The van der Waals surface area contributed by atoms with Gasteiger partial charge in [-0.05, 0) is 31.4 Å². The van der Waals surface area contributed by atoms with E-state index in [1.165, 1.54) is 18.5 Å². The molecule has 2 nitrogen and oxygen atoms in total. The van der Waals surface area contributed by atoms with E-state index in [0.717, 1.165) is 18.9 Å². The lowest BCUT2D eigenvalue weighted by molar-refractivity contribution is 0.0528. The smallest absolute Gasteiger partial charge is 0.0649 e. The van der Waals surface area contributed by atoms with Crippen molar-refractivity contribution in [2.75, 3.05) is 27.3 Å². The van der Waals surface area contributed by atoms with Gasteiger partial charge in [0.25, 0.3) is 0 Å². The minimum Gasteiger partial charge on any atom is -0.383 e. The molecule has 0 bridgehead atoms. The quantitative estimate of drug-likeness (QED) is 0.792. The second-order valence-electron chi connectivity index (χ2n) is 5.51. The van der Waals surface area contributed by atoms with E-state index in [1.54, 1.807) is 0 Å². The van der Waals surface area contributed by atoms with Crippen LogP contribution in [0.25, 0.3) is 0 Å². The third-order valence-corrected chi connectivity index (χ3v) is 3.91. The van der Waals surface area contributed by atoms with Crippen molar-refractivity contribution in [3.05, 3.63) is 35.9 Å². The fourth-order valence-electron chi connectivity index (χ4n) is 3.20. The van der Waals surface area contributed by atoms with E-state index in [-0.39, 0.29) is 5.54 Å². The molecule has 1 heterocycles. The van der Waals surface area contributed by atoms with E-state index >= 15 is 0 Å². The summed E-state index contributed by atoms with van der Waals surface area (Å²) in [6, 6.07) is 10.7. The molecule has 1 aliphatic rings. The van der Waals surface area contributed by atoms with Crippen molar-refractivity contribution < 1.29 is 4.74 Å². The van der Waals surface area contributed by atoms with Gasteiger partial charge in [0, 0.05) is 19.2 Å². The maximum atomic E-state index is 5.48. The fourth-order valence-corrected chi connectivity index (χ4v) is 3.20. The van der Waals surface area contributed by atoms with E-state index < -0.39 is 0 Å². The van der Waals surface area contributed by atoms with Crippen LogP contribution in [-0.2, 0) is 11.2 Å². The van der Waals surface area contributed by atoms with Crippen molar-refractivity contribution in [2.24, 2.45) is 5.92 Å². The Morgan fingerprint density at radius 3 is 2.59 bits per heavy atom. The Morgan fingerprint density at radius 1 is 1.35 bits per heavy atom. The zero-order valence-corrected chi connectivity index (χ0v) is 11.1. The molecule has 0 N–H and O–H groups in total. The highest BCUT2D eigenvalue weighted by molar-refractivity contribution is 5.19. The molecule has 2 heteroatoms. The molecular weight excluding hydrogens is 210 g/mol. The molecule has 0 saturated carbocycles. The number of hydrogen-bond donors (Lipinski definition) is 0. The minimum atomic E-state index is 0.190. The minimum absolute atomic E-state index is 0.190. The number of ether oxygens (including phenoxy) is 1. The van der Waals surface area contributed by atoms with Gasteiger partial charge >= 0.3 is 0 Å². The summed E-state index contributed by atoms with van der Waals surface area (Å²) in [4.78, 5) is 2.48. The number of methoxy groups -OCH3 is 1. The molecule has 0 amide bonds. The largest absolute Gasteiger partial charge is 0.383 e. The summed E-state index contributed by atoms with van der Waals surface area (Å²) in [5.74, 6) is 0.763. The molecule has 1 aromatic rings. The first-order chi connectivity index (χ1) is 8.16.